The summed E-state index contributed by atoms with van der Waals surface area (Å²) in [6.45, 7) is 2.20. The third-order valence-corrected chi connectivity index (χ3v) is 4.55. The average molecular weight is 371 g/mol. The molecule has 7 nitrogen and oxygen atoms in total. The van der Waals surface area contributed by atoms with E-state index in [0.717, 1.165) is 22.5 Å². The SMILES string of the molecule is COC[C@H](O)[C@@H](OC)[C@@H](OC)c1cnc2cc(-c3ccc(C)cc3)nn2c1. The molecule has 0 aliphatic carbocycles. The fourth-order valence-electron chi connectivity index (χ4n) is 3.11. The van der Waals surface area contributed by atoms with Crippen LogP contribution in [-0.2, 0) is 14.2 Å². The van der Waals surface area contributed by atoms with Crippen molar-refractivity contribution < 1.29 is 19.3 Å². The first-order valence-electron chi connectivity index (χ1n) is 8.72. The Balaban J connectivity index is 1.93. The molecule has 1 aromatic carbocycles. The molecule has 0 fully saturated rings. The summed E-state index contributed by atoms with van der Waals surface area (Å²) in [4.78, 5) is 4.49. The Morgan fingerprint density at radius 3 is 2.48 bits per heavy atom. The predicted molar refractivity (Wildman–Crippen MR) is 102 cm³/mol. The van der Waals surface area contributed by atoms with E-state index in [2.05, 4.69) is 29.1 Å². The van der Waals surface area contributed by atoms with Gasteiger partial charge >= 0.3 is 0 Å². The van der Waals surface area contributed by atoms with Gasteiger partial charge < -0.3 is 19.3 Å². The van der Waals surface area contributed by atoms with Crippen molar-refractivity contribution in [2.24, 2.45) is 0 Å². The van der Waals surface area contributed by atoms with E-state index in [4.69, 9.17) is 14.2 Å². The Bertz CT molecular complexity index is 879. The molecule has 1 N–H and O–H groups in total. The largest absolute Gasteiger partial charge is 0.388 e. The molecule has 27 heavy (non-hydrogen) atoms. The van der Waals surface area contributed by atoms with Crippen LogP contribution in [0.4, 0.5) is 0 Å². The van der Waals surface area contributed by atoms with E-state index in [1.54, 1.807) is 17.8 Å². The fraction of sp³-hybridized carbons (Fsp3) is 0.400. The number of methoxy groups -OCH3 is 3. The van der Waals surface area contributed by atoms with Gasteiger partial charge in [0.2, 0.25) is 0 Å². The minimum Gasteiger partial charge on any atom is -0.388 e. The molecule has 3 rings (SSSR count). The molecule has 3 atom stereocenters. The number of aryl methyl sites for hydroxylation is 1. The van der Waals surface area contributed by atoms with E-state index in [1.165, 1.54) is 19.8 Å². The van der Waals surface area contributed by atoms with Gasteiger partial charge in [0.25, 0.3) is 0 Å². The molecule has 0 saturated heterocycles. The number of aromatic nitrogens is 3. The number of nitrogens with zero attached hydrogens (tertiary/aromatic N) is 3. The summed E-state index contributed by atoms with van der Waals surface area (Å²) >= 11 is 0. The molecule has 7 heteroatoms. The molecular weight excluding hydrogens is 346 g/mol. The van der Waals surface area contributed by atoms with Gasteiger partial charge in [-0.3, -0.25) is 0 Å². The molecule has 3 aromatic rings. The monoisotopic (exact) mass is 371 g/mol. The zero-order valence-corrected chi connectivity index (χ0v) is 16.0. The van der Waals surface area contributed by atoms with Crippen LogP contribution in [0.25, 0.3) is 16.9 Å². The number of aliphatic hydroxyl groups excluding tert-OH is 1. The van der Waals surface area contributed by atoms with Crippen molar-refractivity contribution in [1.82, 2.24) is 14.6 Å². The van der Waals surface area contributed by atoms with Crippen LogP contribution >= 0.6 is 0 Å². The number of benzene rings is 1. The molecule has 0 bridgehead atoms. The van der Waals surface area contributed by atoms with Gasteiger partial charge in [-0.2, -0.15) is 5.10 Å². The first-order chi connectivity index (χ1) is 13.1. The van der Waals surface area contributed by atoms with E-state index in [1.807, 2.05) is 24.4 Å². The van der Waals surface area contributed by atoms with Crippen molar-refractivity contribution in [2.75, 3.05) is 27.9 Å². The highest BCUT2D eigenvalue weighted by atomic mass is 16.5. The van der Waals surface area contributed by atoms with Crippen LogP contribution in [0.1, 0.15) is 17.2 Å². The van der Waals surface area contributed by atoms with Gasteiger partial charge in [-0.05, 0) is 6.92 Å². The number of hydrogen-bond acceptors (Lipinski definition) is 6. The van der Waals surface area contributed by atoms with E-state index >= 15 is 0 Å². The Morgan fingerprint density at radius 2 is 1.85 bits per heavy atom. The van der Waals surface area contributed by atoms with Gasteiger partial charge in [0.05, 0.1) is 12.3 Å². The number of ether oxygens (including phenoxy) is 3. The van der Waals surface area contributed by atoms with Gasteiger partial charge in [0.15, 0.2) is 5.65 Å². The molecule has 0 aliphatic rings. The van der Waals surface area contributed by atoms with Gasteiger partial charge in [-0.1, -0.05) is 29.8 Å². The molecule has 0 spiro atoms. The van der Waals surface area contributed by atoms with E-state index in [0.29, 0.717) is 0 Å². The fourth-order valence-corrected chi connectivity index (χ4v) is 3.11. The third-order valence-electron chi connectivity index (χ3n) is 4.55. The van der Waals surface area contributed by atoms with E-state index in [9.17, 15) is 5.11 Å². The lowest BCUT2D eigenvalue weighted by Gasteiger charge is -2.28. The van der Waals surface area contributed by atoms with E-state index < -0.39 is 18.3 Å². The molecule has 2 aromatic heterocycles. The summed E-state index contributed by atoms with van der Waals surface area (Å²) < 4.78 is 17.8. The average Bonchev–Trinajstić information content (AvgIpc) is 3.09. The molecular formula is C20H25N3O4. The Kier molecular flexibility index (Phi) is 6.18. The standard InChI is InChI=1S/C20H25N3O4/c1-13-5-7-14(8-6-13)16-9-18-21-10-15(11-23(18)22-16)19(26-3)20(27-4)17(24)12-25-2/h5-11,17,19-20,24H,12H2,1-4H3/t17-,19-,20+/m0/s1. The van der Waals surface area contributed by atoms with Crippen LogP contribution in [0.5, 0.6) is 0 Å². The molecule has 0 radical (unpaired) electrons. The van der Waals surface area contributed by atoms with Gasteiger partial charge in [-0.15, -0.1) is 0 Å². The summed E-state index contributed by atoms with van der Waals surface area (Å²) in [6, 6.07) is 10.1. The lowest BCUT2D eigenvalue weighted by molar-refractivity contribution is -0.113. The molecule has 2 heterocycles. The number of aliphatic hydroxyl groups is 1. The maximum absolute atomic E-state index is 10.3. The Labute approximate surface area is 158 Å². The van der Waals surface area contributed by atoms with Crippen molar-refractivity contribution in [3.63, 3.8) is 0 Å². The molecule has 144 valence electrons. The summed E-state index contributed by atoms with van der Waals surface area (Å²) in [5.41, 5.74) is 4.56. The normalized spacial score (nSPS) is 15.0. The molecule has 0 amide bonds. The van der Waals surface area contributed by atoms with E-state index in [-0.39, 0.29) is 6.61 Å². The highest BCUT2D eigenvalue weighted by molar-refractivity contribution is 5.64. The number of hydrogen-bond donors (Lipinski definition) is 1. The maximum atomic E-state index is 10.3. The maximum Gasteiger partial charge on any atom is 0.155 e. The summed E-state index contributed by atoms with van der Waals surface area (Å²) in [7, 11) is 4.63. The summed E-state index contributed by atoms with van der Waals surface area (Å²) in [5, 5.41) is 14.9. The second-order valence-corrected chi connectivity index (χ2v) is 6.46. The lowest BCUT2D eigenvalue weighted by Crippen LogP contribution is -2.38. The van der Waals surface area contributed by atoms with Gasteiger partial charge in [0, 0.05) is 50.9 Å². The van der Waals surface area contributed by atoms with Gasteiger partial charge in [0.1, 0.15) is 18.3 Å². The first-order valence-corrected chi connectivity index (χ1v) is 8.72. The topological polar surface area (TPSA) is 78.1 Å². The van der Waals surface area contributed by atoms with Crippen LogP contribution < -0.4 is 0 Å². The second kappa shape index (κ2) is 8.58. The number of rotatable bonds is 8. The van der Waals surface area contributed by atoms with Crippen LogP contribution in [0.3, 0.4) is 0 Å². The highest BCUT2D eigenvalue weighted by Crippen LogP contribution is 2.26. The summed E-state index contributed by atoms with van der Waals surface area (Å²) in [6.07, 6.45) is 1.63. The smallest absolute Gasteiger partial charge is 0.155 e. The van der Waals surface area contributed by atoms with Gasteiger partial charge in [-0.25, -0.2) is 9.50 Å². The van der Waals surface area contributed by atoms with Crippen LogP contribution in [-0.4, -0.2) is 59.8 Å². The van der Waals surface area contributed by atoms with Crippen molar-refractivity contribution >= 4 is 5.65 Å². The lowest BCUT2D eigenvalue weighted by atomic mass is 10.0. The Morgan fingerprint density at radius 1 is 1.11 bits per heavy atom. The Hall–Kier alpha value is -2.32. The van der Waals surface area contributed by atoms with Crippen molar-refractivity contribution in [3.05, 3.63) is 53.9 Å². The quantitative estimate of drug-likeness (QED) is 0.655. The molecule has 0 unspecified atom stereocenters. The summed E-state index contributed by atoms with van der Waals surface area (Å²) in [5.74, 6) is 0. The minimum absolute atomic E-state index is 0.146. The zero-order valence-electron chi connectivity index (χ0n) is 16.0. The van der Waals surface area contributed by atoms with Crippen molar-refractivity contribution in [3.8, 4) is 11.3 Å². The second-order valence-electron chi connectivity index (χ2n) is 6.46. The first kappa shape index (κ1) is 19.4. The molecule has 0 aliphatic heterocycles. The molecule has 0 saturated carbocycles. The number of fused-ring (bicyclic) bond motifs is 1. The van der Waals surface area contributed by atoms with Crippen LogP contribution in [0, 0.1) is 6.92 Å². The third kappa shape index (κ3) is 4.17. The van der Waals surface area contributed by atoms with Crippen molar-refractivity contribution in [1.29, 1.82) is 0 Å². The highest BCUT2D eigenvalue weighted by Gasteiger charge is 2.30. The minimum atomic E-state index is -0.832. The van der Waals surface area contributed by atoms with Crippen molar-refractivity contribution in [2.45, 2.75) is 25.2 Å². The van der Waals surface area contributed by atoms with Crippen LogP contribution in [0.2, 0.25) is 0 Å². The van der Waals surface area contributed by atoms with Crippen LogP contribution in [0.15, 0.2) is 42.7 Å². The predicted octanol–water partition coefficient (Wildman–Crippen LogP) is 2.41. The zero-order chi connectivity index (χ0) is 19.4.